The molecule has 0 unspecified atom stereocenters. The Hall–Kier alpha value is -2.99. The summed E-state index contributed by atoms with van der Waals surface area (Å²) in [6.07, 6.45) is 9.61. The molecule has 1 aromatic rings. The largest absolute Gasteiger partial charge is 0.397 e. The number of benzene rings is 1. The Balaban J connectivity index is 3.10. The van der Waals surface area contributed by atoms with Crippen molar-refractivity contribution in [3.05, 3.63) is 67.0 Å². The van der Waals surface area contributed by atoms with Crippen LogP contribution in [0.15, 0.2) is 61.5 Å². The molecule has 0 aliphatic rings. The van der Waals surface area contributed by atoms with Crippen LogP contribution < -0.4 is 16.1 Å². The third-order valence-corrected chi connectivity index (χ3v) is 4.05. The summed E-state index contributed by atoms with van der Waals surface area (Å²) < 4.78 is 0. The minimum Gasteiger partial charge on any atom is -0.397 e. The van der Waals surface area contributed by atoms with E-state index < -0.39 is 5.91 Å². The smallest absolute Gasteiger partial charge is 0.267 e. The van der Waals surface area contributed by atoms with Crippen LogP contribution in [-0.2, 0) is 4.79 Å². The van der Waals surface area contributed by atoms with Crippen molar-refractivity contribution < 1.29 is 10.0 Å². The molecule has 4 N–H and O–H groups in total. The van der Waals surface area contributed by atoms with Gasteiger partial charge in [0.1, 0.15) is 0 Å². The SMILES string of the molecule is C=CN(CC)CCN(C(=C)/C=C/CC)c1ccc(/C=C/C(=O)NO)cc1N. The van der Waals surface area contributed by atoms with Crippen LogP contribution in [0.25, 0.3) is 6.08 Å². The topological polar surface area (TPSA) is 81.8 Å². The first kappa shape index (κ1) is 22.1. The van der Waals surface area contributed by atoms with E-state index in [0.29, 0.717) is 12.2 Å². The first-order valence-corrected chi connectivity index (χ1v) is 8.98. The lowest BCUT2D eigenvalue weighted by Gasteiger charge is -2.29. The molecule has 0 atom stereocenters. The molecule has 6 heteroatoms. The second-order valence-electron chi connectivity index (χ2n) is 5.89. The lowest BCUT2D eigenvalue weighted by Crippen LogP contribution is -2.32. The van der Waals surface area contributed by atoms with Crippen molar-refractivity contribution in [1.29, 1.82) is 0 Å². The van der Waals surface area contributed by atoms with Gasteiger partial charge in [-0.15, -0.1) is 0 Å². The van der Waals surface area contributed by atoms with Gasteiger partial charge in [-0.25, -0.2) is 5.48 Å². The molecule has 6 nitrogen and oxygen atoms in total. The van der Waals surface area contributed by atoms with Gasteiger partial charge in [0.25, 0.3) is 5.91 Å². The van der Waals surface area contributed by atoms with Crippen LogP contribution in [0.1, 0.15) is 25.8 Å². The molecule has 0 aliphatic heterocycles. The Morgan fingerprint density at radius 3 is 2.59 bits per heavy atom. The van der Waals surface area contributed by atoms with Gasteiger partial charge in [-0.05, 0) is 49.4 Å². The van der Waals surface area contributed by atoms with Crippen molar-refractivity contribution in [2.75, 3.05) is 30.3 Å². The molecule has 146 valence electrons. The summed E-state index contributed by atoms with van der Waals surface area (Å²) in [6.45, 7) is 14.5. The molecule has 0 bridgehead atoms. The van der Waals surface area contributed by atoms with Crippen LogP contribution in [0, 0.1) is 0 Å². The number of nitrogens with one attached hydrogen (secondary N) is 1. The van der Waals surface area contributed by atoms with Crippen molar-refractivity contribution in [1.82, 2.24) is 10.4 Å². The third-order valence-electron chi connectivity index (χ3n) is 4.05. The number of carbonyl (C=O) groups excluding carboxylic acids is 1. The molecule has 0 aromatic heterocycles. The molecule has 0 fully saturated rings. The minimum atomic E-state index is -0.596. The molecule has 0 radical (unpaired) electrons. The van der Waals surface area contributed by atoms with Crippen molar-refractivity contribution in [3.63, 3.8) is 0 Å². The summed E-state index contributed by atoms with van der Waals surface area (Å²) in [5.74, 6) is -0.596. The molecule has 0 saturated carbocycles. The molecule has 0 heterocycles. The van der Waals surface area contributed by atoms with Gasteiger partial charge < -0.3 is 15.5 Å². The van der Waals surface area contributed by atoms with Crippen molar-refractivity contribution in [2.24, 2.45) is 0 Å². The number of likely N-dealkylation sites (N-methyl/N-ethyl adjacent to an activating group) is 1. The second kappa shape index (κ2) is 11.6. The summed E-state index contributed by atoms with van der Waals surface area (Å²) in [5.41, 5.74) is 10.9. The first-order valence-electron chi connectivity index (χ1n) is 8.98. The molecule has 0 saturated heterocycles. The van der Waals surface area contributed by atoms with Gasteiger partial charge in [0.15, 0.2) is 0 Å². The molecule has 0 spiro atoms. The van der Waals surface area contributed by atoms with Crippen LogP contribution in [-0.4, -0.2) is 35.6 Å². The predicted octanol–water partition coefficient (Wildman–Crippen LogP) is 3.54. The van der Waals surface area contributed by atoms with Gasteiger partial charge in [-0.2, -0.15) is 0 Å². The number of allylic oxidation sites excluding steroid dienone is 2. The van der Waals surface area contributed by atoms with Crippen LogP contribution in [0.3, 0.4) is 0 Å². The van der Waals surface area contributed by atoms with E-state index in [-0.39, 0.29) is 0 Å². The van der Waals surface area contributed by atoms with E-state index in [2.05, 4.69) is 42.9 Å². The summed E-state index contributed by atoms with van der Waals surface area (Å²) in [4.78, 5) is 15.3. The lowest BCUT2D eigenvalue weighted by atomic mass is 10.1. The fourth-order valence-corrected chi connectivity index (χ4v) is 2.50. The zero-order chi connectivity index (χ0) is 20.2. The zero-order valence-electron chi connectivity index (χ0n) is 16.2. The van der Waals surface area contributed by atoms with E-state index in [1.54, 1.807) is 17.6 Å². The Bertz CT molecular complexity index is 710. The number of carbonyl (C=O) groups is 1. The van der Waals surface area contributed by atoms with E-state index in [4.69, 9.17) is 10.9 Å². The van der Waals surface area contributed by atoms with Crippen molar-refractivity contribution in [2.45, 2.75) is 20.3 Å². The highest BCUT2D eigenvalue weighted by Crippen LogP contribution is 2.28. The summed E-state index contributed by atoms with van der Waals surface area (Å²) in [7, 11) is 0. The molecular formula is C21H30N4O2. The average Bonchev–Trinajstić information content (AvgIpc) is 2.68. The maximum absolute atomic E-state index is 11.1. The summed E-state index contributed by atoms with van der Waals surface area (Å²) in [5, 5.41) is 8.55. The number of nitrogens with zero attached hydrogens (tertiary/aromatic N) is 2. The van der Waals surface area contributed by atoms with Gasteiger partial charge in [-0.1, -0.05) is 32.2 Å². The Morgan fingerprint density at radius 2 is 2.04 bits per heavy atom. The van der Waals surface area contributed by atoms with Crippen LogP contribution in [0.5, 0.6) is 0 Å². The van der Waals surface area contributed by atoms with Gasteiger partial charge in [0, 0.05) is 31.4 Å². The number of amides is 1. The van der Waals surface area contributed by atoms with Crippen molar-refractivity contribution >= 4 is 23.4 Å². The highest BCUT2D eigenvalue weighted by molar-refractivity contribution is 5.91. The standard InChI is InChI=1S/C21H30N4O2/c1-5-8-9-17(4)25(15-14-24(6-2)7-3)20-12-10-18(16-19(20)22)11-13-21(26)23-27/h6,8-13,16,27H,2,4-5,7,14-15,22H2,1,3H3,(H,23,26)/b9-8+,13-11+. The Morgan fingerprint density at radius 1 is 1.30 bits per heavy atom. The van der Waals surface area contributed by atoms with Gasteiger partial charge in [-0.3, -0.25) is 10.0 Å². The fraction of sp³-hybridized carbons (Fsp3) is 0.286. The Kier molecular flexibility index (Phi) is 9.47. The molecular weight excluding hydrogens is 340 g/mol. The second-order valence-corrected chi connectivity index (χ2v) is 5.89. The van der Waals surface area contributed by atoms with Crippen LogP contribution in [0.2, 0.25) is 0 Å². The molecule has 1 rings (SSSR count). The monoisotopic (exact) mass is 370 g/mol. The molecule has 0 aliphatic carbocycles. The lowest BCUT2D eigenvalue weighted by molar-refractivity contribution is -0.124. The number of hydrogen-bond acceptors (Lipinski definition) is 5. The van der Waals surface area contributed by atoms with E-state index in [9.17, 15) is 4.79 Å². The third kappa shape index (κ3) is 7.03. The Labute approximate surface area is 161 Å². The predicted molar refractivity (Wildman–Crippen MR) is 113 cm³/mol. The van der Waals surface area contributed by atoms with Gasteiger partial charge in [0.05, 0.1) is 11.4 Å². The number of rotatable bonds is 11. The van der Waals surface area contributed by atoms with Crippen molar-refractivity contribution in [3.8, 4) is 0 Å². The fourth-order valence-electron chi connectivity index (χ4n) is 2.50. The number of anilines is 2. The summed E-state index contributed by atoms with van der Waals surface area (Å²) in [6, 6.07) is 5.55. The maximum Gasteiger partial charge on any atom is 0.267 e. The molecule has 27 heavy (non-hydrogen) atoms. The van der Waals surface area contributed by atoms with Gasteiger partial charge in [0.2, 0.25) is 0 Å². The molecule has 1 aromatic carbocycles. The quantitative estimate of drug-likeness (QED) is 0.182. The molecule has 1 amide bonds. The van der Waals surface area contributed by atoms with E-state index in [1.165, 1.54) is 6.08 Å². The normalized spacial score (nSPS) is 10.9. The highest BCUT2D eigenvalue weighted by Gasteiger charge is 2.13. The number of hydroxylamine groups is 1. The number of nitrogen functional groups attached to an aromatic ring is 1. The van der Waals surface area contributed by atoms with E-state index >= 15 is 0 Å². The number of hydrogen-bond donors (Lipinski definition) is 3. The first-order chi connectivity index (χ1) is 13.0. The average molecular weight is 370 g/mol. The maximum atomic E-state index is 11.1. The zero-order valence-corrected chi connectivity index (χ0v) is 16.2. The highest BCUT2D eigenvalue weighted by atomic mass is 16.5. The van der Waals surface area contributed by atoms with E-state index in [0.717, 1.165) is 36.5 Å². The number of nitrogens with two attached hydrogens (primary N) is 1. The van der Waals surface area contributed by atoms with E-state index in [1.807, 2.05) is 24.4 Å². The van der Waals surface area contributed by atoms with Crippen LogP contribution >= 0.6 is 0 Å². The minimum absolute atomic E-state index is 0.578. The van der Waals surface area contributed by atoms with Crippen LogP contribution in [0.4, 0.5) is 11.4 Å². The van der Waals surface area contributed by atoms with Gasteiger partial charge >= 0.3 is 0 Å². The summed E-state index contributed by atoms with van der Waals surface area (Å²) >= 11 is 0.